The van der Waals surface area contributed by atoms with E-state index in [1.54, 1.807) is 0 Å². The molecule has 18 nitrogen and oxygen atoms in total. The van der Waals surface area contributed by atoms with Crippen LogP contribution in [-0.2, 0) is 19.3 Å². The second-order valence-electron chi connectivity index (χ2n) is 25.0. The van der Waals surface area contributed by atoms with Gasteiger partial charge >= 0.3 is 0 Å². The van der Waals surface area contributed by atoms with Crippen LogP contribution in [0.4, 0.5) is 39.0 Å². The topological polar surface area (TPSA) is 199 Å². The lowest BCUT2D eigenvalue weighted by Crippen LogP contribution is -2.65. The van der Waals surface area contributed by atoms with Crippen LogP contribution in [0.3, 0.4) is 0 Å². The molecule has 464 valence electrons. The number of likely N-dealkylation sites (N-methyl/N-ethyl adjacent to an activating group) is 1. The van der Waals surface area contributed by atoms with E-state index in [4.69, 9.17) is 14.2 Å². The highest BCUT2D eigenvalue weighted by molar-refractivity contribution is 5.80. The van der Waals surface area contributed by atoms with E-state index in [9.17, 15) is 0 Å². The molecule has 3 saturated heterocycles. The normalized spacial score (nSPS) is 30.7. The van der Waals surface area contributed by atoms with Crippen molar-refractivity contribution in [1.82, 2.24) is 63.4 Å². The minimum absolute atomic E-state index is 0.0579. The Labute approximate surface area is 496 Å². The zero-order chi connectivity index (χ0) is 59.0. The molecule has 9 aliphatic rings. The number of benzene rings is 3. The third-order valence-electron chi connectivity index (χ3n) is 18.3. The summed E-state index contributed by atoms with van der Waals surface area (Å²) < 4.78 is 104. The van der Waals surface area contributed by atoms with E-state index in [0.717, 1.165) is 67.6 Å². The number of hydrogen-bond donors (Lipinski definition) is 14. The molecule has 0 spiro atoms. The number of hydrogen-bond acceptors (Lipinski definition) is 18. The maximum Gasteiger partial charge on any atom is 0.160 e. The summed E-state index contributed by atoms with van der Waals surface area (Å²) in [5, 5.41) is 48.0. The first-order chi connectivity index (χ1) is 41.1. The van der Waals surface area contributed by atoms with Crippen LogP contribution in [0.15, 0.2) is 24.3 Å². The Balaban J connectivity index is 0.728. The second-order valence-corrected chi connectivity index (χ2v) is 25.0. The van der Waals surface area contributed by atoms with Gasteiger partial charge in [0.1, 0.15) is 59.7 Å². The molecule has 9 heterocycles. The molecule has 12 rings (SSSR count). The number of fused-ring (bicyclic) bond motifs is 3. The van der Waals surface area contributed by atoms with Gasteiger partial charge in [0.15, 0.2) is 29.1 Å². The molecule has 23 heteroatoms. The molecule has 0 saturated carbocycles. The van der Waals surface area contributed by atoms with Crippen LogP contribution in [-0.4, -0.2) is 145 Å². The molecule has 12 atom stereocenters. The smallest absolute Gasteiger partial charge is 0.160 e. The van der Waals surface area contributed by atoms with Gasteiger partial charge in [0.2, 0.25) is 0 Å². The summed E-state index contributed by atoms with van der Waals surface area (Å²) in [6, 6.07) is 2.03. The molecule has 3 aromatic carbocycles. The van der Waals surface area contributed by atoms with E-state index in [2.05, 4.69) is 99.3 Å². The van der Waals surface area contributed by atoms with E-state index in [1.165, 1.54) is 0 Å². The van der Waals surface area contributed by atoms with Crippen molar-refractivity contribution in [3.63, 3.8) is 0 Å². The van der Waals surface area contributed by atoms with Gasteiger partial charge in [0.25, 0.3) is 0 Å². The molecule has 3 fully saturated rings. The van der Waals surface area contributed by atoms with Gasteiger partial charge in [-0.15, -0.1) is 0 Å². The first-order valence-corrected chi connectivity index (χ1v) is 31.3. The lowest BCUT2D eigenvalue weighted by atomic mass is 9.95. The largest absolute Gasteiger partial charge is 0.492 e. The SMILES string of the molecule is CNC1CC(C)NC(Nc2cc3c(c(C4=C[C@H](C)NCCC4)c2F)OC(CNC2CC(C)NC(Nc4c(F)c5c(c(C6=CCN(C)CCC6)c4F)OC(CNC4CC(C)NC(Nc6c(F)c7c(c(C8=CCNCCC8)c6F)OCC7)N4)C5)N2)C3)N1. The van der Waals surface area contributed by atoms with Gasteiger partial charge in [0, 0.05) is 86.3 Å². The summed E-state index contributed by atoms with van der Waals surface area (Å²) in [6.07, 6.45) is 10.6. The minimum atomic E-state index is -0.731. The summed E-state index contributed by atoms with van der Waals surface area (Å²) >= 11 is 0. The monoisotopic (exact) mass is 1190 g/mol. The molecule has 3 aromatic rings. The predicted octanol–water partition coefficient (Wildman–Crippen LogP) is 5.73. The molecule has 0 aromatic heterocycles. The number of allylic oxidation sites excluding steroid dienone is 3. The van der Waals surface area contributed by atoms with Crippen LogP contribution in [0.1, 0.15) is 119 Å². The van der Waals surface area contributed by atoms with Crippen molar-refractivity contribution in [1.29, 1.82) is 0 Å². The average molecular weight is 1190 g/mol. The molecular weight excluding hydrogens is 1100 g/mol. The summed E-state index contributed by atoms with van der Waals surface area (Å²) in [6.45, 7) is 12.9. The molecular formula is C62H88F5N15O3. The summed E-state index contributed by atoms with van der Waals surface area (Å²) in [7, 11) is 3.95. The highest BCUT2D eigenvalue weighted by Gasteiger charge is 2.40. The van der Waals surface area contributed by atoms with Crippen LogP contribution < -0.4 is 88.6 Å². The Morgan fingerprint density at radius 2 is 1.16 bits per heavy atom. The molecule has 0 amide bonds. The molecule has 85 heavy (non-hydrogen) atoms. The average Bonchev–Trinajstić information content (AvgIpc) is 2.21. The Hall–Kier alpha value is -5.15. The lowest BCUT2D eigenvalue weighted by Gasteiger charge is -2.38. The van der Waals surface area contributed by atoms with Gasteiger partial charge in [-0.2, -0.15) is 0 Å². The molecule has 9 aliphatic heterocycles. The highest BCUT2D eigenvalue weighted by Crippen LogP contribution is 2.47. The molecule has 14 N–H and O–H groups in total. The van der Waals surface area contributed by atoms with Gasteiger partial charge in [-0.1, -0.05) is 18.2 Å². The minimum Gasteiger partial charge on any atom is -0.492 e. The quantitative estimate of drug-likeness (QED) is 0.0776. The zero-order valence-corrected chi connectivity index (χ0v) is 49.9. The van der Waals surface area contributed by atoms with Gasteiger partial charge in [-0.05, 0) is 142 Å². The van der Waals surface area contributed by atoms with Crippen LogP contribution in [0, 0.1) is 29.1 Å². The fourth-order valence-corrected chi connectivity index (χ4v) is 14.0. The summed E-state index contributed by atoms with van der Waals surface area (Å²) in [4.78, 5) is 2.18. The highest BCUT2D eigenvalue weighted by atomic mass is 19.1. The third kappa shape index (κ3) is 13.2. The second kappa shape index (κ2) is 26.3. The first-order valence-electron chi connectivity index (χ1n) is 31.3. The molecule has 11 unspecified atom stereocenters. The fourth-order valence-electron chi connectivity index (χ4n) is 14.0. The van der Waals surface area contributed by atoms with Gasteiger partial charge in [-0.25, -0.2) is 22.0 Å². The third-order valence-corrected chi connectivity index (χ3v) is 18.3. The van der Waals surface area contributed by atoms with Crippen molar-refractivity contribution >= 4 is 33.8 Å². The number of nitrogens with one attached hydrogen (secondary N) is 14. The van der Waals surface area contributed by atoms with Gasteiger partial charge in [-0.3, -0.25) is 42.5 Å². The van der Waals surface area contributed by atoms with Crippen molar-refractivity contribution < 1.29 is 36.2 Å². The van der Waals surface area contributed by atoms with Crippen LogP contribution >= 0.6 is 0 Å². The maximum absolute atomic E-state index is 17.6. The first kappa shape index (κ1) is 60.1. The summed E-state index contributed by atoms with van der Waals surface area (Å²) in [5.74, 6) is -1.99. The van der Waals surface area contributed by atoms with Gasteiger partial charge in [0.05, 0.1) is 47.5 Å². The Morgan fingerprint density at radius 3 is 1.87 bits per heavy atom. The fraction of sp³-hybridized carbons (Fsp3) is 0.613. The van der Waals surface area contributed by atoms with Gasteiger partial charge < -0.3 is 51.0 Å². The molecule has 0 bridgehead atoms. The lowest BCUT2D eigenvalue weighted by molar-refractivity contribution is 0.188. The predicted molar refractivity (Wildman–Crippen MR) is 324 cm³/mol. The summed E-state index contributed by atoms with van der Waals surface area (Å²) in [5.41, 5.74) is 5.16. The Bertz CT molecular complexity index is 3040. The van der Waals surface area contributed by atoms with Crippen molar-refractivity contribution in [3.8, 4) is 17.2 Å². The standard InChI is InChI=1S/C62H88F5N15O3/c1-31-22-37(11-8-17-70-31)49-52(65)43(76-60-73-32(2)23-44(68-5)77-60)27-38-26-39(84-57(38)49)29-71-45-24-33(3)75-62(78-45)81-56-51(64)42-28-40(85-59(42)48(54(56)67)36-12-9-19-82(6)20-14-36)30-72-46-25-34(4)74-61(79-46)80-55-50(63)41-15-21-83-58(41)47(53(55)66)35-10-7-16-69-18-13-35/h13-14,22,27,31-34,39-40,44-46,60-62,68-81H,7-12,15-21,23-26,28-30H2,1-6H3/t31-,32?,33?,34?,39?,40?,44?,45?,46?,60?,61?,62?/m0/s1. The molecule has 0 aliphatic carbocycles. The Morgan fingerprint density at radius 1 is 0.588 bits per heavy atom. The van der Waals surface area contributed by atoms with Crippen molar-refractivity contribution in [2.75, 3.05) is 82.5 Å². The van der Waals surface area contributed by atoms with Crippen molar-refractivity contribution in [3.05, 3.63) is 86.8 Å². The van der Waals surface area contributed by atoms with Crippen LogP contribution in [0.25, 0.3) is 16.7 Å². The van der Waals surface area contributed by atoms with Crippen LogP contribution in [0.5, 0.6) is 17.2 Å². The van der Waals surface area contributed by atoms with Crippen LogP contribution in [0.2, 0.25) is 0 Å². The Kier molecular flexibility index (Phi) is 18.6. The van der Waals surface area contributed by atoms with Crippen molar-refractivity contribution in [2.24, 2.45) is 0 Å². The van der Waals surface area contributed by atoms with Crippen molar-refractivity contribution in [2.45, 2.75) is 178 Å². The van der Waals surface area contributed by atoms with E-state index in [-0.39, 0.29) is 103 Å². The number of rotatable bonds is 16. The number of nitrogens with zero attached hydrogens (tertiary/aromatic N) is 1. The van der Waals surface area contributed by atoms with E-state index >= 15 is 22.0 Å². The number of ether oxygens (including phenoxy) is 3. The zero-order valence-electron chi connectivity index (χ0n) is 49.9. The van der Waals surface area contributed by atoms with E-state index in [0.29, 0.717) is 104 Å². The van der Waals surface area contributed by atoms with E-state index < -0.39 is 42.0 Å². The maximum atomic E-state index is 17.6. The number of anilines is 3. The number of halogens is 5. The molecule has 0 radical (unpaired) electrons. The van der Waals surface area contributed by atoms with E-state index in [1.807, 2.05) is 46.2 Å².